The third kappa shape index (κ3) is 4.96. The molecule has 27 heavy (non-hydrogen) atoms. The molecule has 3 aromatic rings. The van der Waals surface area contributed by atoms with E-state index in [4.69, 9.17) is 4.18 Å². The van der Waals surface area contributed by atoms with E-state index in [1.54, 1.807) is 30.3 Å². The van der Waals surface area contributed by atoms with Crippen molar-refractivity contribution in [3.05, 3.63) is 94.5 Å². The number of benzene rings is 3. The average Bonchev–Trinajstić information content (AvgIpc) is 2.67. The van der Waals surface area contributed by atoms with Gasteiger partial charge in [0.05, 0.1) is 0 Å². The first-order valence-electron chi connectivity index (χ1n) is 8.07. The second-order valence-corrected chi connectivity index (χ2v) is 8.03. The van der Waals surface area contributed by atoms with E-state index < -0.39 is 10.1 Å². The largest absolute Gasteiger partial charge is 0.379 e. The zero-order chi connectivity index (χ0) is 19.3. The fraction of sp³-hybridized carbons (Fsp3) is 0.0500. The van der Waals surface area contributed by atoms with Gasteiger partial charge in [0.25, 0.3) is 5.91 Å². The van der Waals surface area contributed by atoms with Crippen LogP contribution >= 0.6 is 15.9 Å². The van der Waals surface area contributed by atoms with E-state index in [1.165, 1.54) is 18.2 Å². The van der Waals surface area contributed by atoms with Gasteiger partial charge < -0.3 is 9.50 Å². The van der Waals surface area contributed by atoms with Gasteiger partial charge in [-0.05, 0) is 51.8 Å². The van der Waals surface area contributed by atoms with E-state index in [0.29, 0.717) is 16.6 Å². The van der Waals surface area contributed by atoms with Crippen molar-refractivity contribution in [1.29, 1.82) is 0 Å². The summed E-state index contributed by atoms with van der Waals surface area (Å²) in [4.78, 5) is 12.4. The molecule has 7 heteroatoms. The molecule has 3 rings (SSSR count). The van der Waals surface area contributed by atoms with Crippen LogP contribution < -0.4 is 9.50 Å². The molecule has 5 nitrogen and oxygen atoms in total. The van der Waals surface area contributed by atoms with Crippen LogP contribution in [-0.2, 0) is 16.7 Å². The molecule has 0 aliphatic rings. The minimum atomic E-state index is -4.02. The van der Waals surface area contributed by atoms with Crippen molar-refractivity contribution in [3.63, 3.8) is 0 Å². The lowest BCUT2D eigenvalue weighted by Crippen LogP contribution is -2.22. The molecular formula is C20H16BrNO4S. The highest BCUT2D eigenvalue weighted by Crippen LogP contribution is 2.25. The minimum Gasteiger partial charge on any atom is -0.379 e. The van der Waals surface area contributed by atoms with Crippen LogP contribution in [0.1, 0.15) is 15.9 Å². The summed E-state index contributed by atoms with van der Waals surface area (Å²) in [5.41, 5.74) is 1.28. The molecule has 0 unspecified atom stereocenters. The predicted octanol–water partition coefficient (Wildman–Crippen LogP) is 4.15. The Kier molecular flexibility index (Phi) is 5.93. The van der Waals surface area contributed by atoms with Gasteiger partial charge in [-0.3, -0.25) is 4.79 Å². The summed E-state index contributed by atoms with van der Waals surface area (Å²) in [5.74, 6) is -0.249. The lowest BCUT2D eigenvalue weighted by atomic mass is 10.2. The van der Waals surface area contributed by atoms with E-state index in [9.17, 15) is 13.2 Å². The van der Waals surface area contributed by atoms with Crippen LogP contribution in [-0.4, -0.2) is 14.3 Å². The molecular weight excluding hydrogens is 430 g/mol. The van der Waals surface area contributed by atoms with E-state index in [0.717, 1.165) is 5.56 Å². The van der Waals surface area contributed by atoms with Gasteiger partial charge in [-0.2, -0.15) is 8.42 Å². The summed E-state index contributed by atoms with van der Waals surface area (Å²) >= 11 is 3.20. The highest BCUT2D eigenvalue weighted by molar-refractivity contribution is 9.10. The summed E-state index contributed by atoms with van der Waals surface area (Å²) < 4.78 is 30.5. The topological polar surface area (TPSA) is 72.5 Å². The smallest absolute Gasteiger partial charge is 0.340 e. The molecule has 0 saturated heterocycles. The normalized spacial score (nSPS) is 11.0. The Hall–Kier alpha value is -2.64. The van der Waals surface area contributed by atoms with Crippen LogP contribution in [0.15, 0.2) is 88.2 Å². The molecule has 0 fully saturated rings. The highest BCUT2D eigenvalue weighted by Gasteiger charge is 2.20. The lowest BCUT2D eigenvalue weighted by Gasteiger charge is -2.10. The van der Waals surface area contributed by atoms with Crippen molar-refractivity contribution >= 4 is 32.0 Å². The molecule has 0 atom stereocenters. The van der Waals surface area contributed by atoms with Gasteiger partial charge in [0.1, 0.15) is 10.6 Å². The van der Waals surface area contributed by atoms with Gasteiger partial charge in [-0.1, -0.05) is 48.5 Å². The molecule has 0 bridgehead atoms. The Labute approximate surface area is 166 Å². The maximum Gasteiger partial charge on any atom is 0.340 e. The van der Waals surface area contributed by atoms with Crippen LogP contribution in [0.5, 0.6) is 5.75 Å². The first-order chi connectivity index (χ1) is 13.0. The second-order valence-electron chi connectivity index (χ2n) is 5.66. The van der Waals surface area contributed by atoms with Gasteiger partial charge in [0.2, 0.25) is 0 Å². The number of halogens is 1. The summed E-state index contributed by atoms with van der Waals surface area (Å²) in [7, 11) is -4.02. The van der Waals surface area contributed by atoms with Gasteiger partial charge in [-0.25, -0.2) is 0 Å². The first-order valence-corrected chi connectivity index (χ1v) is 10.3. The molecule has 1 amide bonds. The fourth-order valence-electron chi connectivity index (χ4n) is 2.39. The number of hydrogen-bond acceptors (Lipinski definition) is 4. The Balaban J connectivity index is 1.73. The monoisotopic (exact) mass is 445 g/mol. The minimum absolute atomic E-state index is 0.0175. The highest BCUT2D eigenvalue weighted by atomic mass is 79.9. The number of nitrogens with one attached hydrogen (secondary N) is 1. The van der Waals surface area contributed by atoms with Gasteiger partial charge in [0, 0.05) is 16.6 Å². The summed E-state index contributed by atoms with van der Waals surface area (Å²) in [6.45, 7) is 0.375. The molecule has 1 N–H and O–H groups in total. The Morgan fingerprint density at radius 3 is 2.37 bits per heavy atom. The lowest BCUT2D eigenvalue weighted by molar-refractivity contribution is 0.0950. The first kappa shape index (κ1) is 19.1. The molecule has 0 saturated carbocycles. The summed E-state index contributed by atoms with van der Waals surface area (Å²) in [6, 6.07) is 21.9. The predicted molar refractivity (Wildman–Crippen MR) is 106 cm³/mol. The van der Waals surface area contributed by atoms with Crippen molar-refractivity contribution in [2.75, 3.05) is 0 Å². The SMILES string of the molecule is O=C(NCc1ccccc1)c1cccc(OS(=O)(=O)c2ccccc2Br)c1. The number of hydrogen-bond donors (Lipinski definition) is 1. The van der Waals surface area contributed by atoms with Crippen molar-refractivity contribution in [2.45, 2.75) is 11.4 Å². The summed E-state index contributed by atoms with van der Waals surface area (Å²) in [6.07, 6.45) is 0. The van der Waals surface area contributed by atoms with Crippen LogP contribution in [0.25, 0.3) is 0 Å². The number of carbonyl (C=O) groups is 1. The molecule has 0 radical (unpaired) electrons. The fourth-order valence-corrected chi connectivity index (χ4v) is 4.27. The van der Waals surface area contributed by atoms with Gasteiger partial charge in [-0.15, -0.1) is 0 Å². The van der Waals surface area contributed by atoms with Crippen molar-refractivity contribution < 1.29 is 17.4 Å². The van der Waals surface area contributed by atoms with E-state index in [1.807, 2.05) is 30.3 Å². The van der Waals surface area contributed by atoms with Crippen molar-refractivity contribution in [2.24, 2.45) is 0 Å². The van der Waals surface area contributed by atoms with Gasteiger partial charge >= 0.3 is 10.1 Å². The molecule has 3 aromatic carbocycles. The van der Waals surface area contributed by atoms with Gasteiger partial charge in [0.15, 0.2) is 0 Å². The molecule has 138 valence electrons. The van der Waals surface area contributed by atoms with Crippen LogP contribution in [0.2, 0.25) is 0 Å². The quantitative estimate of drug-likeness (QED) is 0.578. The Morgan fingerprint density at radius 2 is 1.63 bits per heavy atom. The number of rotatable bonds is 6. The molecule has 0 aliphatic heterocycles. The third-order valence-electron chi connectivity index (χ3n) is 3.70. The van der Waals surface area contributed by atoms with Crippen LogP contribution in [0.3, 0.4) is 0 Å². The maximum atomic E-state index is 12.5. The van der Waals surface area contributed by atoms with E-state index >= 15 is 0 Å². The zero-order valence-corrected chi connectivity index (χ0v) is 16.5. The standard InChI is InChI=1S/C20H16BrNO4S/c21-18-11-4-5-12-19(18)27(24,25)26-17-10-6-9-16(13-17)20(23)22-14-15-7-2-1-3-8-15/h1-13H,14H2,(H,22,23). The van der Waals surface area contributed by atoms with Crippen LogP contribution in [0.4, 0.5) is 0 Å². The van der Waals surface area contributed by atoms with E-state index in [2.05, 4.69) is 21.2 Å². The Morgan fingerprint density at radius 1 is 0.926 bits per heavy atom. The maximum absolute atomic E-state index is 12.5. The third-order valence-corrected chi connectivity index (χ3v) is 5.96. The molecule has 0 aromatic heterocycles. The number of amides is 1. The van der Waals surface area contributed by atoms with Crippen molar-refractivity contribution in [1.82, 2.24) is 5.32 Å². The Bertz CT molecular complexity index is 1050. The second kappa shape index (κ2) is 8.37. The molecule has 0 aliphatic carbocycles. The van der Waals surface area contributed by atoms with Crippen LogP contribution in [0, 0.1) is 0 Å². The summed E-state index contributed by atoms with van der Waals surface area (Å²) in [5, 5.41) is 2.79. The number of carbonyl (C=O) groups excluding carboxylic acids is 1. The average molecular weight is 446 g/mol. The zero-order valence-electron chi connectivity index (χ0n) is 14.1. The molecule has 0 spiro atoms. The van der Waals surface area contributed by atoms with Crippen molar-refractivity contribution in [3.8, 4) is 5.75 Å². The van der Waals surface area contributed by atoms with E-state index in [-0.39, 0.29) is 16.6 Å². The molecule has 0 heterocycles.